The zero-order valence-corrected chi connectivity index (χ0v) is 15.1. The van der Waals surface area contributed by atoms with E-state index >= 15 is 0 Å². The second-order valence-corrected chi connectivity index (χ2v) is 9.91. The lowest BCUT2D eigenvalue weighted by Crippen LogP contribution is -2.64. The number of likely N-dealkylation sites (tertiary alicyclic amines) is 1. The van der Waals surface area contributed by atoms with Gasteiger partial charge in [-0.15, -0.1) is 0 Å². The first-order valence-corrected chi connectivity index (χ1v) is 9.50. The SMILES string of the molecule is CC(C)C1=CC(C)N(S(=O)(=O)C2CN(C(C)(C)C)C2)CC1. The number of hydrogen-bond donors (Lipinski definition) is 0. The molecule has 0 spiro atoms. The van der Waals surface area contributed by atoms with E-state index in [2.05, 4.69) is 45.6 Å². The van der Waals surface area contributed by atoms with E-state index in [9.17, 15) is 8.42 Å². The van der Waals surface area contributed by atoms with Crippen LogP contribution in [0.1, 0.15) is 48.0 Å². The fraction of sp³-hybridized carbons (Fsp3) is 0.875. The highest BCUT2D eigenvalue weighted by Crippen LogP contribution is 2.31. The molecule has 0 aromatic carbocycles. The quantitative estimate of drug-likeness (QED) is 0.752. The third-order valence-electron chi connectivity index (χ3n) is 4.82. The van der Waals surface area contributed by atoms with Gasteiger partial charge in [0.1, 0.15) is 5.25 Å². The highest BCUT2D eigenvalue weighted by Gasteiger charge is 2.45. The van der Waals surface area contributed by atoms with Gasteiger partial charge < -0.3 is 0 Å². The molecule has 0 saturated carbocycles. The largest absolute Gasteiger partial charge is 0.296 e. The molecule has 1 atom stereocenters. The first kappa shape index (κ1) is 17.0. The van der Waals surface area contributed by atoms with Gasteiger partial charge in [0, 0.05) is 31.2 Å². The van der Waals surface area contributed by atoms with Crippen molar-refractivity contribution in [3.63, 3.8) is 0 Å². The molecule has 2 rings (SSSR count). The van der Waals surface area contributed by atoms with Crippen LogP contribution < -0.4 is 0 Å². The minimum Gasteiger partial charge on any atom is -0.296 e. The van der Waals surface area contributed by atoms with Crippen LogP contribution in [0.15, 0.2) is 11.6 Å². The Morgan fingerprint density at radius 3 is 2.24 bits per heavy atom. The van der Waals surface area contributed by atoms with Crippen molar-refractivity contribution in [1.82, 2.24) is 9.21 Å². The summed E-state index contributed by atoms with van der Waals surface area (Å²) < 4.78 is 27.3. The third kappa shape index (κ3) is 3.35. The summed E-state index contributed by atoms with van der Waals surface area (Å²) >= 11 is 0. The molecule has 0 aromatic heterocycles. The number of nitrogens with zero attached hydrogens (tertiary/aromatic N) is 2. The van der Waals surface area contributed by atoms with Gasteiger partial charge in [-0.25, -0.2) is 8.42 Å². The molecule has 2 aliphatic rings. The predicted octanol–water partition coefficient (Wildman–Crippen LogP) is 2.48. The van der Waals surface area contributed by atoms with Crippen molar-refractivity contribution >= 4 is 10.0 Å². The molecule has 122 valence electrons. The third-order valence-corrected chi connectivity index (χ3v) is 7.13. The van der Waals surface area contributed by atoms with E-state index in [-0.39, 0.29) is 16.8 Å². The Balaban J connectivity index is 2.06. The first-order chi connectivity index (χ1) is 9.53. The Morgan fingerprint density at radius 2 is 1.81 bits per heavy atom. The summed E-state index contributed by atoms with van der Waals surface area (Å²) in [4.78, 5) is 2.24. The average Bonchev–Trinajstić information content (AvgIpc) is 2.23. The van der Waals surface area contributed by atoms with E-state index in [4.69, 9.17) is 0 Å². The maximum Gasteiger partial charge on any atom is 0.220 e. The molecule has 1 saturated heterocycles. The second-order valence-electron chi connectivity index (χ2n) is 7.74. The Hall–Kier alpha value is -0.390. The van der Waals surface area contributed by atoms with Crippen molar-refractivity contribution in [2.24, 2.45) is 5.92 Å². The molecule has 2 heterocycles. The predicted molar refractivity (Wildman–Crippen MR) is 87.7 cm³/mol. The first-order valence-electron chi connectivity index (χ1n) is 7.99. The van der Waals surface area contributed by atoms with Crippen molar-refractivity contribution in [2.45, 2.75) is 64.8 Å². The lowest BCUT2D eigenvalue weighted by molar-refractivity contribution is 0.0699. The van der Waals surface area contributed by atoms with Crippen LogP contribution in [-0.4, -0.2) is 54.1 Å². The Kier molecular flexibility index (Phi) is 4.58. The Morgan fingerprint density at radius 1 is 1.24 bits per heavy atom. The molecule has 0 N–H and O–H groups in total. The standard InChI is InChI=1S/C16H30N2O2S/c1-12(2)14-7-8-18(13(3)9-14)21(19,20)15-10-17(11-15)16(4,5)6/h9,12-13,15H,7-8,10-11H2,1-6H3. The summed E-state index contributed by atoms with van der Waals surface area (Å²) in [7, 11) is -3.17. The summed E-state index contributed by atoms with van der Waals surface area (Å²) in [6.45, 7) is 14.7. The molecule has 1 unspecified atom stereocenters. The van der Waals surface area contributed by atoms with Gasteiger partial charge in [0.15, 0.2) is 0 Å². The van der Waals surface area contributed by atoms with Crippen molar-refractivity contribution in [3.8, 4) is 0 Å². The molecule has 2 aliphatic heterocycles. The molecule has 0 aliphatic carbocycles. The highest BCUT2D eigenvalue weighted by atomic mass is 32.2. The lowest BCUT2D eigenvalue weighted by Gasteiger charge is -2.49. The average molecular weight is 314 g/mol. The molecule has 4 nitrogen and oxygen atoms in total. The van der Waals surface area contributed by atoms with Crippen LogP contribution in [0.3, 0.4) is 0 Å². The fourth-order valence-corrected chi connectivity index (χ4v) is 5.11. The van der Waals surface area contributed by atoms with E-state index in [1.165, 1.54) is 5.57 Å². The van der Waals surface area contributed by atoms with Gasteiger partial charge in [-0.3, -0.25) is 4.90 Å². The van der Waals surface area contributed by atoms with E-state index in [0.29, 0.717) is 25.6 Å². The Labute approximate surface area is 130 Å². The second kappa shape index (κ2) is 5.67. The van der Waals surface area contributed by atoms with Gasteiger partial charge in [-0.2, -0.15) is 4.31 Å². The Bertz CT molecular complexity index is 511. The maximum atomic E-state index is 12.8. The topological polar surface area (TPSA) is 40.6 Å². The molecule has 0 bridgehead atoms. The van der Waals surface area contributed by atoms with Gasteiger partial charge in [-0.1, -0.05) is 25.5 Å². The summed E-state index contributed by atoms with van der Waals surface area (Å²) in [5.41, 5.74) is 1.45. The minimum atomic E-state index is -3.17. The van der Waals surface area contributed by atoms with E-state index in [1.54, 1.807) is 4.31 Å². The van der Waals surface area contributed by atoms with Gasteiger partial charge in [-0.05, 0) is 40.0 Å². The van der Waals surface area contributed by atoms with Gasteiger partial charge in [0.05, 0.1) is 0 Å². The van der Waals surface area contributed by atoms with Crippen LogP contribution in [0.4, 0.5) is 0 Å². The summed E-state index contributed by atoms with van der Waals surface area (Å²) in [5.74, 6) is 0.511. The van der Waals surface area contributed by atoms with Crippen LogP contribution in [0.2, 0.25) is 0 Å². The summed E-state index contributed by atoms with van der Waals surface area (Å²) in [6, 6.07) is -0.00941. The van der Waals surface area contributed by atoms with Gasteiger partial charge in [0.25, 0.3) is 0 Å². The maximum absolute atomic E-state index is 12.8. The van der Waals surface area contributed by atoms with E-state index in [0.717, 1.165) is 6.42 Å². The zero-order valence-electron chi connectivity index (χ0n) is 14.3. The van der Waals surface area contributed by atoms with Crippen LogP contribution in [0.25, 0.3) is 0 Å². The number of hydrogen-bond acceptors (Lipinski definition) is 3. The van der Waals surface area contributed by atoms with Crippen molar-refractivity contribution in [3.05, 3.63) is 11.6 Å². The van der Waals surface area contributed by atoms with Gasteiger partial charge >= 0.3 is 0 Å². The molecule has 0 radical (unpaired) electrons. The fourth-order valence-electron chi connectivity index (χ4n) is 3.13. The van der Waals surface area contributed by atoms with E-state index in [1.807, 2.05) is 6.92 Å². The van der Waals surface area contributed by atoms with Gasteiger partial charge in [0.2, 0.25) is 10.0 Å². The van der Waals surface area contributed by atoms with Crippen LogP contribution >= 0.6 is 0 Å². The van der Waals surface area contributed by atoms with Crippen molar-refractivity contribution in [2.75, 3.05) is 19.6 Å². The van der Waals surface area contributed by atoms with E-state index < -0.39 is 10.0 Å². The lowest BCUT2D eigenvalue weighted by atomic mass is 9.95. The smallest absolute Gasteiger partial charge is 0.220 e. The normalized spacial score (nSPS) is 26.8. The van der Waals surface area contributed by atoms with Crippen LogP contribution in [-0.2, 0) is 10.0 Å². The minimum absolute atomic E-state index is 0.00941. The van der Waals surface area contributed by atoms with Crippen LogP contribution in [0, 0.1) is 5.92 Å². The molecule has 5 heteroatoms. The van der Waals surface area contributed by atoms with Crippen molar-refractivity contribution < 1.29 is 8.42 Å². The zero-order chi connectivity index (χ0) is 16.0. The molecule has 21 heavy (non-hydrogen) atoms. The summed E-state index contributed by atoms with van der Waals surface area (Å²) in [6.07, 6.45) is 3.02. The molecular formula is C16H30N2O2S. The highest BCUT2D eigenvalue weighted by molar-refractivity contribution is 7.89. The van der Waals surface area contributed by atoms with Crippen molar-refractivity contribution in [1.29, 1.82) is 0 Å². The number of sulfonamides is 1. The molecule has 1 fully saturated rings. The monoisotopic (exact) mass is 314 g/mol. The number of rotatable bonds is 3. The molecular weight excluding hydrogens is 284 g/mol. The molecule has 0 amide bonds. The van der Waals surface area contributed by atoms with Crippen LogP contribution in [0.5, 0.6) is 0 Å². The molecule has 0 aromatic rings. The summed E-state index contributed by atoms with van der Waals surface area (Å²) in [5, 5.41) is -0.229.